The van der Waals surface area contributed by atoms with Crippen molar-refractivity contribution < 1.29 is 19.1 Å². The van der Waals surface area contributed by atoms with Crippen LogP contribution in [0, 0.1) is 17.2 Å². The number of nitrogens with zero attached hydrogens (tertiary/aromatic N) is 1. The van der Waals surface area contributed by atoms with Crippen molar-refractivity contribution in [3.63, 3.8) is 0 Å². The number of carbonyl (C=O) groups excluding carboxylic acids is 2. The van der Waals surface area contributed by atoms with E-state index in [0.717, 1.165) is 0 Å². The summed E-state index contributed by atoms with van der Waals surface area (Å²) in [6, 6.07) is 7.69. The molecular weight excluding hydrogens is 272 g/mol. The van der Waals surface area contributed by atoms with Gasteiger partial charge in [-0.25, -0.2) is 4.79 Å². The Morgan fingerprint density at radius 2 is 1.90 bits per heavy atom. The SMILES string of the molecule is COC(=O)C(NC(=O)COc1ccc(C#N)cc1)C(C)C. The smallest absolute Gasteiger partial charge is 0.328 e. The lowest BCUT2D eigenvalue weighted by Gasteiger charge is -2.19. The molecule has 1 N–H and O–H groups in total. The fraction of sp³-hybridized carbons (Fsp3) is 0.400. The van der Waals surface area contributed by atoms with Gasteiger partial charge in [-0.15, -0.1) is 0 Å². The van der Waals surface area contributed by atoms with E-state index in [1.165, 1.54) is 7.11 Å². The summed E-state index contributed by atoms with van der Waals surface area (Å²) in [5, 5.41) is 11.2. The molecule has 6 heteroatoms. The van der Waals surface area contributed by atoms with Crippen LogP contribution >= 0.6 is 0 Å². The van der Waals surface area contributed by atoms with Crippen LogP contribution in [0.4, 0.5) is 0 Å². The summed E-state index contributed by atoms with van der Waals surface area (Å²) in [6.45, 7) is 3.40. The molecule has 0 bridgehead atoms. The number of hydrogen-bond donors (Lipinski definition) is 1. The first-order valence-electron chi connectivity index (χ1n) is 6.48. The van der Waals surface area contributed by atoms with E-state index < -0.39 is 17.9 Å². The largest absolute Gasteiger partial charge is 0.484 e. The summed E-state index contributed by atoms with van der Waals surface area (Å²) < 4.78 is 9.93. The summed E-state index contributed by atoms with van der Waals surface area (Å²) in [6.07, 6.45) is 0. The van der Waals surface area contributed by atoms with Crippen molar-refractivity contribution in [1.82, 2.24) is 5.32 Å². The Hall–Kier alpha value is -2.55. The van der Waals surface area contributed by atoms with Gasteiger partial charge in [0.15, 0.2) is 6.61 Å². The number of nitrogens with one attached hydrogen (secondary N) is 1. The minimum absolute atomic E-state index is 0.0867. The molecule has 1 aromatic carbocycles. The summed E-state index contributed by atoms with van der Waals surface area (Å²) in [5.74, 6) is -0.514. The number of amides is 1. The quantitative estimate of drug-likeness (QED) is 0.797. The lowest BCUT2D eigenvalue weighted by molar-refractivity contribution is -0.146. The van der Waals surface area contributed by atoms with Crippen molar-refractivity contribution in [2.75, 3.05) is 13.7 Å². The molecule has 1 aromatic rings. The van der Waals surface area contributed by atoms with Gasteiger partial charge >= 0.3 is 5.97 Å². The second-order valence-electron chi connectivity index (χ2n) is 4.74. The van der Waals surface area contributed by atoms with E-state index in [4.69, 9.17) is 10.00 Å². The molecule has 1 amide bonds. The maximum Gasteiger partial charge on any atom is 0.328 e. The maximum atomic E-state index is 11.8. The fourth-order valence-corrected chi connectivity index (χ4v) is 1.61. The zero-order valence-electron chi connectivity index (χ0n) is 12.3. The summed E-state index contributed by atoms with van der Waals surface area (Å²) in [5.41, 5.74) is 0.511. The minimum atomic E-state index is -0.702. The first-order chi connectivity index (χ1) is 9.97. The monoisotopic (exact) mass is 290 g/mol. The number of methoxy groups -OCH3 is 1. The molecule has 0 fully saturated rings. The van der Waals surface area contributed by atoms with Gasteiger partial charge in [-0.2, -0.15) is 5.26 Å². The number of esters is 1. The van der Waals surface area contributed by atoms with E-state index in [1.54, 1.807) is 24.3 Å². The highest BCUT2D eigenvalue weighted by Crippen LogP contribution is 2.11. The van der Waals surface area contributed by atoms with Gasteiger partial charge in [0.25, 0.3) is 5.91 Å². The minimum Gasteiger partial charge on any atom is -0.484 e. The fourth-order valence-electron chi connectivity index (χ4n) is 1.61. The van der Waals surface area contributed by atoms with Crippen LogP contribution in [0.2, 0.25) is 0 Å². The summed E-state index contributed by atoms with van der Waals surface area (Å²) >= 11 is 0. The standard InChI is InChI=1S/C15H18N2O4/c1-10(2)14(15(19)20-3)17-13(18)9-21-12-6-4-11(8-16)5-7-12/h4-7,10,14H,9H2,1-3H3,(H,17,18). The van der Waals surface area contributed by atoms with Crippen molar-refractivity contribution in [3.8, 4) is 11.8 Å². The van der Waals surface area contributed by atoms with Crippen LogP contribution in [-0.2, 0) is 14.3 Å². The van der Waals surface area contributed by atoms with Crippen LogP contribution in [0.5, 0.6) is 5.75 Å². The average molecular weight is 290 g/mol. The molecular formula is C15H18N2O4. The molecule has 1 unspecified atom stereocenters. The molecule has 0 aliphatic carbocycles. The summed E-state index contributed by atoms with van der Waals surface area (Å²) in [4.78, 5) is 23.3. The molecule has 1 rings (SSSR count). The van der Waals surface area contributed by atoms with Gasteiger partial charge in [-0.3, -0.25) is 4.79 Å². The Kier molecular flexibility index (Phi) is 6.21. The lowest BCUT2D eigenvalue weighted by Crippen LogP contribution is -2.46. The molecule has 0 aromatic heterocycles. The third kappa shape index (κ3) is 5.15. The van der Waals surface area contributed by atoms with Crippen LogP contribution in [0.25, 0.3) is 0 Å². The van der Waals surface area contributed by atoms with Crippen LogP contribution in [-0.4, -0.2) is 31.6 Å². The number of carbonyl (C=O) groups is 2. The van der Waals surface area contributed by atoms with Gasteiger partial charge in [0.1, 0.15) is 11.8 Å². The second kappa shape index (κ2) is 7.90. The van der Waals surface area contributed by atoms with Gasteiger partial charge in [-0.1, -0.05) is 13.8 Å². The van der Waals surface area contributed by atoms with Crippen molar-refractivity contribution in [2.45, 2.75) is 19.9 Å². The third-order valence-electron chi connectivity index (χ3n) is 2.79. The number of nitriles is 1. The van der Waals surface area contributed by atoms with Crippen LogP contribution < -0.4 is 10.1 Å². The van der Waals surface area contributed by atoms with Gasteiger partial charge in [-0.05, 0) is 30.2 Å². The molecule has 0 heterocycles. The van der Waals surface area contributed by atoms with E-state index in [1.807, 2.05) is 19.9 Å². The second-order valence-corrected chi connectivity index (χ2v) is 4.74. The topological polar surface area (TPSA) is 88.4 Å². The van der Waals surface area contributed by atoms with Crippen molar-refractivity contribution in [3.05, 3.63) is 29.8 Å². The third-order valence-corrected chi connectivity index (χ3v) is 2.79. The van der Waals surface area contributed by atoms with Crippen molar-refractivity contribution >= 4 is 11.9 Å². The summed E-state index contributed by atoms with van der Waals surface area (Å²) in [7, 11) is 1.27. The Bertz CT molecular complexity index is 532. The van der Waals surface area contributed by atoms with E-state index >= 15 is 0 Å². The predicted octanol–water partition coefficient (Wildman–Crippen LogP) is 1.25. The highest BCUT2D eigenvalue weighted by Gasteiger charge is 2.24. The molecule has 21 heavy (non-hydrogen) atoms. The number of rotatable bonds is 6. The predicted molar refractivity (Wildman–Crippen MR) is 75.4 cm³/mol. The number of ether oxygens (including phenoxy) is 2. The van der Waals surface area contributed by atoms with Gasteiger partial charge in [0.05, 0.1) is 18.7 Å². The van der Waals surface area contributed by atoms with Crippen LogP contribution in [0.3, 0.4) is 0 Å². The molecule has 0 spiro atoms. The highest BCUT2D eigenvalue weighted by molar-refractivity contribution is 5.85. The van der Waals surface area contributed by atoms with E-state index in [0.29, 0.717) is 11.3 Å². The molecule has 0 saturated carbocycles. The first kappa shape index (κ1) is 16.5. The molecule has 0 aliphatic rings. The van der Waals surface area contributed by atoms with Crippen molar-refractivity contribution in [2.24, 2.45) is 5.92 Å². The maximum absolute atomic E-state index is 11.8. The molecule has 112 valence electrons. The molecule has 0 saturated heterocycles. The first-order valence-corrected chi connectivity index (χ1v) is 6.48. The van der Waals surface area contributed by atoms with E-state index in [9.17, 15) is 9.59 Å². The zero-order chi connectivity index (χ0) is 15.8. The van der Waals surface area contributed by atoms with Crippen molar-refractivity contribution in [1.29, 1.82) is 5.26 Å². The molecule has 1 atom stereocenters. The van der Waals surface area contributed by atoms with Gasteiger partial charge < -0.3 is 14.8 Å². The zero-order valence-corrected chi connectivity index (χ0v) is 12.3. The van der Waals surface area contributed by atoms with E-state index in [-0.39, 0.29) is 12.5 Å². The number of benzene rings is 1. The van der Waals surface area contributed by atoms with E-state index in [2.05, 4.69) is 10.1 Å². The highest BCUT2D eigenvalue weighted by atomic mass is 16.5. The molecule has 0 radical (unpaired) electrons. The Morgan fingerprint density at radius 1 is 1.29 bits per heavy atom. The Balaban J connectivity index is 2.52. The van der Waals surface area contributed by atoms with Crippen LogP contribution in [0.1, 0.15) is 19.4 Å². The lowest BCUT2D eigenvalue weighted by atomic mass is 10.0. The number of hydrogen-bond acceptors (Lipinski definition) is 5. The Morgan fingerprint density at radius 3 is 2.38 bits per heavy atom. The molecule has 6 nitrogen and oxygen atoms in total. The van der Waals surface area contributed by atoms with Crippen LogP contribution in [0.15, 0.2) is 24.3 Å². The van der Waals surface area contributed by atoms with Gasteiger partial charge in [0, 0.05) is 0 Å². The van der Waals surface area contributed by atoms with Gasteiger partial charge in [0.2, 0.25) is 0 Å². The molecule has 0 aliphatic heterocycles. The Labute approximate surface area is 123 Å². The normalized spacial score (nSPS) is 11.4. The average Bonchev–Trinajstić information content (AvgIpc) is 2.50.